The van der Waals surface area contributed by atoms with Crippen molar-refractivity contribution in [2.24, 2.45) is 0 Å². The van der Waals surface area contributed by atoms with Gasteiger partial charge in [-0.15, -0.1) is 0 Å². The Hall–Kier alpha value is -1.31. The Labute approximate surface area is 119 Å². The SMILES string of the molecule is COc1ccc(N)cc1S(=O)(=O)N(C)C1CCOC1C. The lowest BCUT2D eigenvalue weighted by Crippen LogP contribution is -2.41. The minimum Gasteiger partial charge on any atom is -0.495 e. The van der Waals surface area contributed by atoms with Crippen LogP contribution < -0.4 is 10.5 Å². The Bertz CT molecular complexity index is 588. The number of sulfonamides is 1. The van der Waals surface area contributed by atoms with Crippen LogP contribution in [-0.4, -0.2) is 45.6 Å². The molecule has 20 heavy (non-hydrogen) atoms. The molecule has 0 amide bonds. The Morgan fingerprint density at radius 1 is 1.45 bits per heavy atom. The first-order valence-electron chi connectivity index (χ1n) is 6.41. The van der Waals surface area contributed by atoms with E-state index in [4.69, 9.17) is 15.2 Å². The molecule has 0 aromatic heterocycles. The van der Waals surface area contributed by atoms with Crippen molar-refractivity contribution < 1.29 is 17.9 Å². The van der Waals surface area contributed by atoms with Crippen LogP contribution in [0.25, 0.3) is 0 Å². The van der Waals surface area contributed by atoms with Gasteiger partial charge >= 0.3 is 0 Å². The molecular weight excluding hydrogens is 280 g/mol. The van der Waals surface area contributed by atoms with Crippen molar-refractivity contribution in [3.8, 4) is 5.75 Å². The molecule has 1 aromatic carbocycles. The van der Waals surface area contributed by atoms with E-state index in [1.54, 1.807) is 19.2 Å². The zero-order chi connectivity index (χ0) is 14.9. The van der Waals surface area contributed by atoms with Crippen LogP contribution >= 0.6 is 0 Å². The van der Waals surface area contributed by atoms with Gasteiger partial charge in [0, 0.05) is 19.3 Å². The highest BCUT2D eigenvalue weighted by Gasteiger charge is 2.36. The molecule has 1 aliphatic heterocycles. The monoisotopic (exact) mass is 300 g/mol. The fourth-order valence-electron chi connectivity index (χ4n) is 2.43. The topological polar surface area (TPSA) is 81.9 Å². The molecule has 0 spiro atoms. The molecule has 6 nitrogen and oxygen atoms in total. The van der Waals surface area contributed by atoms with Gasteiger partial charge in [-0.05, 0) is 31.5 Å². The number of benzene rings is 1. The molecule has 2 rings (SSSR count). The van der Waals surface area contributed by atoms with Crippen LogP contribution in [0.3, 0.4) is 0 Å². The van der Waals surface area contributed by atoms with E-state index in [1.165, 1.54) is 17.5 Å². The molecule has 7 heteroatoms. The van der Waals surface area contributed by atoms with Crippen LogP contribution in [0.15, 0.2) is 23.1 Å². The van der Waals surface area contributed by atoms with Crippen LogP contribution in [0.2, 0.25) is 0 Å². The van der Waals surface area contributed by atoms with Gasteiger partial charge in [-0.25, -0.2) is 8.42 Å². The quantitative estimate of drug-likeness (QED) is 0.841. The standard InChI is InChI=1S/C13H20N2O4S/c1-9-11(6-7-19-9)15(2)20(16,17)13-8-10(14)4-5-12(13)18-3/h4-5,8-9,11H,6-7,14H2,1-3H3. The lowest BCUT2D eigenvalue weighted by Gasteiger charge is -2.26. The van der Waals surface area contributed by atoms with Crippen molar-refractivity contribution >= 4 is 15.7 Å². The predicted octanol–water partition coefficient (Wildman–Crippen LogP) is 1.08. The third-order valence-corrected chi connectivity index (χ3v) is 5.55. The van der Waals surface area contributed by atoms with Gasteiger partial charge in [0.1, 0.15) is 10.6 Å². The molecule has 1 fully saturated rings. The summed E-state index contributed by atoms with van der Waals surface area (Å²) in [5.41, 5.74) is 6.08. The molecule has 0 bridgehead atoms. The number of nitrogen functional groups attached to an aromatic ring is 1. The fraction of sp³-hybridized carbons (Fsp3) is 0.538. The van der Waals surface area contributed by atoms with E-state index in [1.807, 2.05) is 6.92 Å². The number of ether oxygens (including phenoxy) is 2. The lowest BCUT2D eigenvalue weighted by atomic mass is 10.2. The first-order chi connectivity index (χ1) is 9.37. The van der Waals surface area contributed by atoms with Gasteiger partial charge in [0.05, 0.1) is 19.3 Å². The summed E-state index contributed by atoms with van der Waals surface area (Å²) in [6.45, 7) is 2.44. The summed E-state index contributed by atoms with van der Waals surface area (Å²) in [5, 5.41) is 0. The van der Waals surface area contributed by atoms with E-state index in [2.05, 4.69) is 0 Å². The molecule has 1 aromatic rings. The Morgan fingerprint density at radius 3 is 2.70 bits per heavy atom. The van der Waals surface area contributed by atoms with E-state index in [-0.39, 0.29) is 22.8 Å². The van der Waals surface area contributed by atoms with Gasteiger partial charge in [-0.3, -0.25) is 0 Å². The second kappa shape index (κ2) is 5.59. The first-order valence-corrected chi connectivity index (χ1v) is 7.85. The van der Waals surface area contributed by atoms with E-state index in [0.29, 0.717) is 18.7 Å². The summed E-state index contributed by atoms with van der Waals surface area (Å²) < 4.78 is 37.4. The third kappa shape index (κ3) is 2.61. The molecule has 0 radical (unpaired) electrons. The first kappa shape index (κ1) is 15.1. The predicted molar refractivity (Wildman–Crippen MR) is 76.2 cm³/mol. The summed E-state index contributed by atoms with van der Waals surface area (Å²) in [4.78, 5) is 0.0848. The van der Waals surface area contributed by atoms with Gasteiger partial charge in [0.15, 0.2) is 0 Å². The van der Waals surface area contributed by atoms with Crippen LogP contribution in [0.1, 0.15) is 13.3 Å². The number of nitrogens with zero attached hydrogens (tertiary/aromatic N) is 1. The second-order valence-corrected chi connectivity index (χ2v) is 6.83. The maximum Gasteiger partial charge on any atom is 0.246 e. The summed E-state index contributed by atoms with van der Waals surface area (Å²) in [6.07, 6.45) is 0.559. The second-order valence-electron chi connectivity index (χ2n) is 4.86. The number of anilines is 1. The fourth-order valence-corrected chi connectivity index (χ4v) is 4.06. The lowest BCUT2D eigenvalue weighted by molar-refractivity contribution is 0.102. The van der Waals surface area contributed by atoms with Gasteiger partial charge < -0.3 is 15.2 Å². The summed E-state index contributed by atoms with van der Waals surface area (Å²) in [5.74, 6) is 0.289. The molecule has 0 saturated carbocycles. The molecule has 112 valence electrons. The molecule has 2 N–H and O–H groups in total. The largest absolute Gasteiger partial charge is 0.495 e. The highest BCUT2D eigenvalue weighted by molar-refractivity contribution is 7.89. The molecule has 2 atom stereocenters. The summed E-state index contributed by atoms with van der Waals surface area (Å²) in [7, 11) is -0.673. The van der Waals surface area contributed by atoms with Crippen molar-refractivity contribution in [1.29, 1.82) is 0 Å². The number of hydrogen-bond acceptors (Lipinski definition) is 5. The van der Waals surface area contributed by atoms with Gasteiger partial charge in [-0.1, -0.05) is 0 Å². The molecule has 1 heterocycles. The van der Waals surface area contributed by atoms with E-state index in [0.717, 1.165) is 0 Å². The Morgan fingerprint density at radius 2 is 2.15 bits per heavy atom. The molecule has 1 aliphatic rings. The number of hydrogen-bond donors (Lipinski definition) is 1. The van der Waals surface area contributed by atoms with Crippen LogP contribution in [0, 0.1) is 0 Å². The van der Waals surface area contributed by atoms with Crippen molar-refractivity contribution in [3.63, 3.8) is 0 Å². The summed E-state index contributed by atoms with van der Waals surface area (Å²) >= 11 is 0. The molecular formula is C13H20N2O4S. The average molecular weight is 300 g/mol. The van der Waals surface area contributed by atoms with Crippen LogP contribution in [0.4, 0.5) is 5.69 Å². The minimum atomic E-state index is -3.67. The van der Waals surface area contributed by atoms with Crippen molar-refractivity contribution in [3.05, 3.63) is 18.2 Å². The van der Waals surface area contributed by atoms with Crippen LogP contribution in [-0.2, 0) is 14.8 Å². The highest BCUT2D eigenvalue weighted by Crippen LogP contribution is 2.31. The third-order valence-electron chi connectivity index (χ3n) is 3.65. The van der Waals surface area contributed by atoms with E-state index < -0.39 is 10.0 Å². The molecule has 2 unspecified atom stereocenters. The Kier molecular flexibility index (Phi) is 4.22. The van der Waals surface area contributed by atoms with Crippen molar-refractivity contribution in [1.82, 2.24) is 4.31 Å². The highest BCUT2D eigenvalue weighted by atomic mass is 32.2. The number of likely N-dealkylation sites (N-methyl/N-ethyl adjacent to an activating group) is 1. The normalized spacial score (nSPS) is 23.2. The zero-order valence-corrected chi connectivity index (χ0v) is 12.7. The maximum absolute atomic E-state index is 12.7. The number of rotatable bonds is 4. The van der Waals surface area contributed by atoms with E-state index in [9.17, 15) is 8.42 Å². The minimum absolute atomic E-state index is 0.0848. The molecule has 0 aliphatic carbocycles. The molecule has 1 saturated heterocycles. The van der Waals surface area contributed by atoms with Gasteiger partial charge in [0.25, 0.3) is 0 Å². The smallest absolute Gasteiger partial charge is 0.246 e. The van der Waals surface area contributed by atoms with Gasteiger partial charge in [-0.2, -0.15) is 4.31 Å². The Balaban J connectivity index is 2.42. The maximum atomic E-state index is 12.7. The van der Waals surface area contributed by atoms with Gasteiger partial charge in [0.2, 0.25) is 10.0 Å². The number of nitrogens with two attached hydrogens (primary N) is 1. The number of methoxy groups -OCH3 is 1. The van der Waals surface area contributed by atoms with Crippen LogP contribution in [0.5, 0.6) is 5.75 Å². The van der Waals surface area contributed by atoms with Crippen molar-refractivity contribution in [2.45, 2.75) is 30.4 Å². The average Bonchev–Trinajstić information content (AvgIpc) is 2.83. The zero-order valence-electron chi connectivity index (χ0n) is 11.9. The summed E-state index contributed by atoms with van der Waals surface area (Å²) in [6, 6.07) is 4.42. The van der Waals surface area contributed by atoms with E-state index >= 15 is 0 Å². The van der Waals surface area contributed by atoms with Crippen molar-refractivity contribution in [2.75, 3.05) is 26.5 Å².